The largest absolute Gasteiger partial charge is 0.481 e. The van der Waals surface area contributed by atoms with E-state index in [1.807, 2.05) is 11.6 Å². The highest BCUT2D eigenvalue weighted by molar-refractivity contribution is 7.99. The van der Waals surface area contributed by atoms with Gasteiger partial charge in [0.1, 0.15) is 5.82 Å². The summed E-state index contributed by atoms with van der Waals surface area (Å²) in [4.78, 5) is 15.1. The predicted octanol–water partition coefficient (Wildman–Crippen LogP) is 3.84. The number of benzene rings is 2. The lowest BCUT2D eigenvalue weighted by Gasteiger charge is -2.11. The summed E-state index contributed by atoms with van der Waals surface area (Å²) in [5, 5.41) is 16.4. The van der Waals surface area contributed by atoms with Crippen LogP contribution < -0.4 is 0 Å². The highest BCUT2D eigenvalue weighted by Gasteiger charge is 2.25. The van der Waals surface area contributed by atoms with Crippen LogP contribution in [-0.2, 0) is 11.3 Å². The summed E-state index contributed by atoms with van der Waals surface area (Å²) in [6.45, 7) is 2.54. The molecular formula is C19H19N3O2S. The number of thioether (sulfide) groups is 1. The van der Waals surface area contributed by atoms with Gasteiger partial charge in [0.25, 0.3) is 0 Å². The smallest absolute Gasteiger partial charge is 0.313 e. The lowest BCUT2D eigenvalue weighted by atomic mass is 9.97. The first-order valence-corrected chi connectivity index (χ1v) is 9.37. The van der Waals surface area contributed by atoms with Gasteiger partial charge in [-0.1, -0.05) is 48.2 Å². The van der Waals surface area contributed by atoms with Crippen LogP contribution >= 0.6 is 11.8 Å². The summed E-state index contributed by atoms with van der Waals surface area (Å²) >= 11 is 1.15. The fourth-order valence-corrected chi connectivity index (χ4v) is 3.77. The van der Waals surface area contributed by atoms with E-state index in [2.05, 4.69) is 46.5 Å². The molecule has 0 radical (unpaired) electrons. The first-order valence-electron chi connectivity index (χ1n) is 8.38. The third-order valence-corrected chi connectivity index (χ3v) is 5.37. The number of rotatable bonds is 6. The van der Waals surface area contributed by atoms with E-state index in [1.54, 1.807) is 0 Å². The van der Waals surface area contributed by atoms with Crippen LogP contribution in [0.1, 0.15) is 35.7 Å². The fourth-order valence-electron chi connectivity index (χ4n) is 3.17. The lowest BCUT2D eigenvalue weighted by Crippen LogP contribution is -2.05. The van der Waals surface area contributed by atoms with Crippen molar-refractivity contribution in [3.8, 4) is 0 Å². The average Bonchev–Trinajstić information content (AvgIpc) is 3.38. The molecule has 1 aliphatic carbocycles. The second-order valence-corrected chi connectivity index (χ2v) is 7.36. The van der Waals surface area contributed by atoms with Crippen LogP contribution in [0.3, 0.4) is 0 Å². The number of carboxylic acids is 1. The summed E-state index contributed by atoms with van der Waals surface area (Å²) in [5.41, 5.74) is 2.66. The number of nitrogens with zero attached hydrogens (tertiary/aromatic N) is 3. The molecule has 25 heavy (non-hydrogen) atoms. The SMILES string of the molecule is Cc1nc(SCC(=O)O)nn1Cc1ccc(C2CC2)c2ccccc12. The van der Waals surface area contributed by atoms with Crippen molar-refractivity contribution in [2.45, 2.75) is 37.4 Å². The molecule has 1 N–H and O–H groups in total. The third-order valence-electron chi connectivity index (χ3n) is 4.55. The van der Waals surface area contributed by atoms with Gasteiger partial charge in [-0.05, 0) is 47.6 Å². The van der Waals surface area contributed by atoms with Gasteiger partial charge < -0.3 is 5.11 Å². The van der Waals surface area contributed by atoms with E-state index in [1.165, 1.54) is 34.7 Å². The van der Waals surface area contributed by atoms with E-state index in [4.69, 9.17) is 5.11 Å². The molecule has 0 saturated heterocycles. The van der Waals surface area contributed by atoms with Gasteiger partial charge in [-0.25, -0.2) is 9.67 Å². The summed E-state index contributed by atoms with van der Waals surface area (Å²) < 4.78 is 1.85. The Labute approximate surface area is 150 Å². The van der Waals surface area contributed by atoms with E-state index >= 15 is 0 Å². The number of carbonyl (C=O) groups is 1. The van der Waals surface area contributed by atoms with Crippen LogP contribution in [0.4, 0.5) is 0 Å². The van der Waals surface area contributed by atoms with E-state index in [0.29, 0.717) is 17.6 Å². The summed E-state index contributed by atoms with van der Waals surface area (Å²) in [7, 11) is 0. The van der Waals surface area contributed by atoms with Crippen LogP contribution in [0.25, 0.3) is 10.8 Å². The highest BCUT2D eigenvalue weighted by Crippen LogP contribution is 2.43. The molecule has 0 spiro atoms. The summed E-state index contributed by atoms with van der Waals surface area (Å²) in [6, 6.07) is 13.0. The van der Waals surface area contributed by atoms with E-state index in [0.717, 1.165) is 17.6 Å². The van der Waals surface area contributed by atoms with Crippen molar-refractivity contribution in [3.63, 3.8) is 0 Å². The zero-order valence-corrected chi connectivity index (χ0v) is 14.8. The van der Waals surface area contributed by atoms with Crippen LogP contribution in [0.15, 0.2) is 41.6 Å². The van der Waals surface area contributed by atoms with Crippen LogP contribution in [0, 0.1) is 6.92 Å². The molecule has 3 aromatic rings. The summed E-state index contributed by atoms with van der Waals surface area (Å²) in [6.07, 6.45) is 2.57. The van der Waals surface area contributed by atoms with Crippen molar-refractivity contribution in [1.29, 1.82) is 0 Å². The second kappa shape index (κ2) is 6.52. The van der Waals surface area contributed by atoms with Crippen LogP contribution in [-0.4, -0.2) is 31.6 Å². The van der Waals surface area contributed by atoms with Crippen LogP contribution in [0.5, 0.6) is 0 Å². The highest BCUT2D eigenvalue weighted by atomic mass is 32.2. The normalized spacial score (nSPS) is 14.1. The van der Waals surface area contributed by atoms with Gasteiger partial charge in [-0.15, -0.1) is 5.10 Å². The van der Waals surface area contributed by atoms with Gasteiger partial charge in [0, 0.05) is 0 Å². The van der Waals surface area contributed by atoms with Gasteiger partial charge in [0.2, 0.25) is 5.16 Å². The number of fused-ring (bicyclic) bond motifs is 1. The molecule has 1 aliphatic rings. The minimum absolute atomic E-state index is 0.0253. The lowest BCUT2D eigenvalue weighted by molar-refractivity contribution is -0.133. The molecule has 4 rings (SSSR count). The molecule has 1 saturated carbocycles. The first kappa shape index (κ1) is 16.1. The Kier molecular flexibility index (Phi) is 4.21. The molecule has 1 aromatic heterocycles. The van der Waals surface area contributed by atoms with Gasteiger partial charge in [-0.3, -0.25) is 4.79 Å². The average molecular weight is 353 g/mol. The number of aryl methyl sites for hydroxylation is 1. The van der Waals surface area contributed by atoms with Gasteiger partial charge in [0.15, 0.2) is 0 Å². The predicted molar refractivity (Wildman–Crippen MR) is 98.1 cm³/mol. The van der Waals surface area contributed by atoms with Crippen molar-refractivity contribution < 1.29 is 9.90 Å². The zero-order valence-electron chi connectivity index (χ0n) is 14.0. The summed E-state index contributed by atoms with van der Waals surface area (Å²) in [5.74, 6) is 0.623. The molecule has 1 fully saturated rings. The maximum absolute atomic E-state index is 10.7. The number of hydrogen-bond donors (Lipinski definition) is 1. The Hall–Kier alpha value is -2.34. The third kappa shape index (κ3) is 3.39. The van der Waals surface area contributed by atoms with Crippen LogP contribution in [0.2, 0.25) is 0 Å². The molecule has 1 heterocycles. The minimum Gasteiger partial charge on any atom is -0.481 e. The van der Waals surface area contributed by atoms with Crippen molar-refractivity contribution >= 4 is 28.5 Å². The van der Waals surface area contributed by atoms with Crippen molar-refractivity contribution in [1.82, 2.24) is 14.8 Å². The van der Waals surface area contributed by atoms with Crippen molar-refractivity contribution in [2.75, 3.05) is 5.75 Å². The standard InChI is InChI=1S/C19H19N3O2S/c1-12-20-19(25-11-18(23)24)21-22(12)10-14-8-9-16(13-6-7-13)17-5-3-2-4-15(14)17/h2-5,8-9,13H,6-7,10-11H2,1H3,(H,23,24). The molecule has 0 amide bonds. The van der Waals surface area contributed by atoms with Crippen molar-refractivity contribution in [2.24, 2.45) is 0 Å². The first-order chi connectivity index (χ1) is 12.1. The Morgan fingerprint density at radius 1 is 1.24 bits per heavy atom. The molecule has 0 unspecified atom stereocenters. The maximum atomic E-state index is 10.7. The number of aromatic nitrogens is 3. The quantitative estimate of drug-likeness (QED) is 0.682. The minimum atomic E-state index is -0.860. The van der Waals surface area contributed by atoms with E-state index < -0.39 is 5.97 Å². The topological polar surface area (TPSA) is 68.0 Å². The van der Waals surface area contributed by atoms with Crippen molar-refractivity contribution in [3.05, 3.63) is 53.3 Å². The molecule has 0 aliphatic heterocycles. The Bertz CT molecular complexity index is 947. The molecule has 6 heteroatoms. The molecule has 5 nitrogen and oxygen atoms in total. The Morgan fingerprint density at radius 2 is 2.00 bits per heavy atom. The van der Waals surface area contributed by atoms with Gasteiger partial charge in [-0.2, -0.15) is 0 Å². The number of hydrogen-bond acceptors (Lipinski definition) is 4. The molecule has 128 valence electrons. The van der Waals surface area contributed by atoms with E-state index in [-0.39, 0.29) is 5.75 Å². The Balaban J connectivity index is 1.65. The van der Waals surface area contributed by atoms with E-state index in [9.17, 15) is 4.79 Å². The second-order valence-electron chi connectivity index (χ2n) is 6.42. The molecular weight excluding hydrogens is 334 g/mol. The molecule has 0 atom stereocenters. The molecule has 2 aromatic carbocycles. The van der Waals surface area contributed by atoms with Gasteiger partial charge >= 0.3 is 5.97 Å². The Morgan fingerprint density at radius 3 is 2.72 bits per heavy atom. The zero-order chi connectivity index (χ0) is 17.4. The number of carboxylic acid groups (broad SMARTS) is 1. The fraction of sp³-hybridized carbons (Fsp3) is 0.316. The molecule has 0 bridgehead atoms. The maximum Gasteiger partial charge on any atom is 0.313 e. The van der Waals surface area contributed by atoms with Gasteiger partial charge in [0.05, 0.1) is 12.3 Å². The number of aliphatic carboxylic acids is 1. The monoisotopic (exact) mass is 353 g/mol.